The van der Waals surface area contributed by atoms with E-state index in [2.05, 4.69) is 37.9 Å². The first-order valence-corrected chi connectivity index (χ1v) is 9.20. The molecule has 26 heavy (non-hydrogen) atoms. The number of hydrogen-bond donors (Lipinski definition) is 0. The third kappa shape index (κ3) is 4.15. The fourth-order valence-electron chi connectivity index (χ4n) is 3.13. The SMILES string of the molecule is Cc1oc(-c2ccc(C(C)(C)C)cc2)nc1CC(=O)N1CCOC(C)C1. The second-order valence-corrected chi connectivity index (χ2v) is 8.05. The lowest BCUT2D eigenvalue weighted by molar-refractivity contribution is -0.137. The monoisotopic (exact) mass is 356 g/mol. The highest BCUT2D eigenvalue weighted by atomic mass is 16.5. The van der Waals surface area contributed by atoms with Crippen molar-refractivity contribution in [2.75, 3.05) is 19.7 Å². The number of oxazole rings is 1. The van der Waals surface area contributed by atoms with Gasteiger partial charge in [-0.3, -0.25) is 4.79 Å². The molecule has 0 spiro atoms. The highest BCUT2D eigenvalue weighted by Crippen LogP contribution is 2.27. The largest absolute Gasteiger partial charge is 0.441 e. The summed E-state index contributed by atoms with van der Waals surface area (Å²) in [5, 5.41) is 0. The molecule has 2 aromatic rings. The summed E-state index contributed by atoms with van der Waals surface area (Å²) in [5.41, 5.74) is 3.02. The van der Waals surface area contributed by atoms with Gasteiger partial charge in [-0.2, -0.15) is 0 Å². The molecular formula is C21H28N2O3. The van der Waals surface area contributed by atoms with Crippen LogP contribution in [0.15, 0.2) is 28.7 Å². The number of carbonyl (C=O) groups excluding carboxylic acids is 1. The second-order valence-electron chi connectivity index (χ2n) is 8.05. The van der Waals surface area contributed by atoms with Crippen LogP contribution < -0.4 is 0 Å². The Balaban J connectivity index is 1.73. The normalized spacial score (nSPS) is 18.2. The molecule has 1 aliphatic heterocycles. The lowest BCUT2D eigenvalue weighted by atomic mass is 9.87. The van der Waals surface area contributed by atoms with Crippen molar-refractivity contribution in [3.8, 4) is 11.5 Å². The second kappa shape index (κ2) is 7.23. The van der Waals surface area contributed by atoms with E-state index in [-0.39, 0.29) is 23.8 Å². The third-order valence-electron chi connectivity index (χ3n) is 4.80. The Morgan fingerprint density at radius 2 is 1.96 bits per heavy atom. The number of nitrogens with zero attached hydrogens (tertiary/aromatic N) is 2. The summed E-state index contributed by atoms with van der Waals surface area (Å²) in [4.78, 5) is 19.0. The molecule has 1 fully saturated rings. The van der Waals surface area contributed by atoms with Crippen molar-refractivity contribution in [3.63, 3.8) is 0 Å². The average molecular weight is 356 g/mol. The summed E-state index contributed by atoms with van der Waals surface area (Å²) in [6.45, 7) is 12.3. The molecule has 0 bridgehead atoms. The Morgan fingerprint density at radius 1 is 1.27 bits per heavy atom. The number of hydrogen-bond acceptors (Lipinski definition) is 4. The summed E-state index contributed by atoms with van der Waals surface area (Å²) < 4.78 is 11.3. The molecule has 5 heteroatoms. The predicted octanol–water partition coefficient (Wildman–Crippen LogP) is 3.74. The van der Waals surface area contributed by atoms with E-state index >= 15 is 0 Å². The minimum Gasteiger partial charge on any atom is -0.441 e. The van der Waals surface area contributed by atoms with E-state index in [4.69, 9.17) is 9.15 Å². The first-order valence-electron chi connectivity index (χ1n) is 9.20. The Bertz CT molecular complexity index is 772. The lowest BCUT2D eigenvalue weighted by Crippen LogP contribution is -2.45. The number of benzene rings is 1. The van der Waals surface area contributed by atoms with Crippen molar-refractivity contribution in [3.05, 3.63) is 41.3 Å². The van der Waals surface area contributed by atoms with Crippen LogP contribution in [0.25, 0.3) is 11.5 Å². The van der Waals surface area contributed by atoms with Gasteiger partial charge in [0, 0.05) is 18.7 Å². The number of morpholine rings is 1. The molecule has 3 rings (SSSR count). The van der Waals surface area contributed by atoms with Crippen molar-refractivity contribution in [2.24, 2.45) is 0 Å². The molecule has 0 aliphatic carbocycles. The van der Waals surface area contributed by atoms with E-state index in [1.54, 1.807) is 0 Å². The first kappa shape index (κ1) is 18.6. The van der Waals surface area contributed by atoms with Gasteiger partial charge in [0.05, 0.1) is 24.8 Å². The van der Waals surface area contributed by atoms with Gasteiger partial charge < -0.3 is 14.1 Å². The quantitative estimate of drug-likeness (QED) is 0.841. The summed E-state index contributed by atoms with van der Waals surface area (Å²) in [6, 6.07) is 8.27. The fourth-order valence-corrected chi connectivity index (χ4v) is 3.13. The number of aromatic nitrogens is 1. The highest BCUT2D eigenvalue weighted by Gasteiger charge is 2.24. The number of rotatable bonds is 3. The van der Waals surface area contributed by atoms with E-state index in [9.17, 15) is 4.79 Å². The van der Waals surface area contributed by atoms with Crippen LogP contribution in [0, 0.1) is 6.92 Å². The molecule has 1 aromatic carbocycles. The zero-order valence-electron chi connectivity index (χ0n) is 16.3. The van der Waals surface area contributed by atoms with E-state index in [0.717, 1.165) is 5.56 Å². The Labute approximate surface area is 155 Å². The van der Waals surface area contributed by atoms with Crippen LogP contribution in [-0.2, 0) is 21.4 Å². The maximum atomic E-state index is 12.6. The molecule has 2 heterocycles. The van der Waals surface area contributed by atoms with Gasteiger partial charge >= 0.3 is 0 Å². The first-order chi connectivity index (χ1) is 12.2. The molecule has 140 valence electrons. The predicted molar refractivity (Wildman–Crippen MR) is 101 cm³/mol. The minimum absolute atomic E-state index is 0.0752. The number of amides is 1. The molecule has 0 saturated carbocycles. The molecule has 0 radical (unpaired) electrons. The Morgan fingerprint density at radius 3 is 2.58 bits per heavy atom. The number of carbonyl (C=O) groups is 1. The molecule has 1 atom stereocenters. The summed E-state index contributed by atoms with van der Waals surface area (Å²) >= 11 is 0. The van der Waals surface area contributed by atoms with Gasteiger partial charge in [0.25, 0.3) is 0 Å². The van der Waals surface area contributed by atoms with Gasteiger partial charge in [-0.1, -0.05) is 32.9 Å². The molecule has 1 unspecified atom stereocenters. The van der Waals surface area contributed by atoms with Crippen LogP contribution in [0.5, 0.6) is 0 Å². The van der Waals surface area contributed by atoms with E-state index in [0.29, 0.717) is 37.0 Å². The Kier molecular flexibility index (Phi) is 5.19. The summed E-state index contributed by atoms with van der Waals surface area (Å²) in [7, 11) is 0. The van der Waals surface area contributed by atoms with Crippen molar-refractivity contribution < 1.29 is 13.9 Å². The topological polar surface area (TPSA) is 55.6 Å². The van der Waals surface area contributed by atoms with Crippen LogP contribution in [0.1, 0.15) is 44.7 Å². The van der Waals surface area contributed by atoms with Crippen LogP contribution in [0.2, 0.25) is 0 Å². The van der Waals surface area contributed by atoms with Crippen molar-refractivity contribution in [1.82, 2.24) is 9.88 Å². The summed E-state index contributed by atoms with van der Waals surface area (Å²) in [6.07, 6.45) is 0.352. The van der Waals surface area contributed by atoms with Crippen molar-refractivity contribution in [1.29, 1.82) is 0 Å². The molecule has 1 aliphatic rings. The number of ether oxygens (including phenoxy) is 1. The van der Waals surface area contributed by atoms with Crippen molar-refractivity contribution >= 4 is 5.91 Å². The van der Waals surface area contributed by atoms with Crippen LogP contribution >= 0.6 is 0 Å². The van der Waals surface area contributed by atoms with E-state index < -0.39 is 0 Å². The molecule has 0 N–H and O–H groups in total. The van der Waals surface area contributed by atoms with Gasteiger partial charge in [-0.25, -0.2) is 4.98 Å². The molecule has 1 amide bonds. The fraction of sp³-hybridized carbons (Fsp3) is 0.524. The van der Waals surface area contributed by atoms with Gasteiger partial charge in [-0.05, 0) is 37.0 Å². The highest BCUT2D eigenvalue weighted by molar-refractivity contribution is 5.78. The molecular weight excluding hydrogens is 328 g/mol. The molecule has 1 aromatic heterocycles. The van der Waals surface area contributed by atoms with Crippen LogP contribution in [0.4, 0.5) is 0 Å². The Hall–Kier alpha value is -2.14. The average Bonchev–Trinajstić information content (AvgIpc) is 2.95. The molecule has 1 saturated heterocycles. The number of aryl methyl sites for hydroxylation is 1. The van der Waals surface area contributed by atoms with Crippen LogP contribution in [-0.4, -0.2) is 41.6 Å². The minimum atomic E-state index is 0.0752. The van der Waals surface area contributed by atoms with Crippen molar-refractivity contribution in [2.45, 2.75) is 52.6 Å². The van der Waals surface area contributed by atoms with Gasteiger partial charge in [0.15, 0.2) is 0 Å². The zero-order valence-corrected chi connectivity index (χ0v) is 16.3. The van der Waals surface area contributed by atoms with Gasteiger partial charge in [0.1, 0.15) is 5.76 Å². The third-order valence-corrected chi connectivity index (χ3v) is 4.80. The van der Waals surface area contributed by atoms with E-state index in [1.807, 2.05) is 30.9 Å². The maximum Gasteiger partial charge on any atom is 0.228 e. The van der Waals surface area contributed by atoms with Gasteiger partial charge in [-0.15, -0.1) is 0 Å². The van der Waals surface area contributed by atoms with Crippen LogP contribution in [0.3, 0.4) is 0 Å². The summed E-state index contributed by atoms with van der Waals surface area (Å²) in [5.74, 6) is 1.35. The maximum absolute atomic E-state index is 12.6. The molecule has 5 nitrogen and oxygen atoms in total. The van der Waals surface area contributed by atoms with E-state index in [1.165, 1.54) is 5.56 Å². The van der Waals surface area contributed by atoms with Gasteiger partial charge in [0.2, 0.25) is 11.8 Å². The smallest absolute Gasteiger partial charge is 0.228 e. The zero-order chi connectivity index (χ0) is 18.9. The lowest BCUT2D eigenvalue weighted by Gasteiger charge is -2.31. The standard InChI is InChI=1S/C21H28N2O3/c1-14-13-23(10-11-25-14)19(24)12-18-15(2)26-20(22-18)16-6-8-17(9-7-16)21(3,4)5/h6-9,14H,10-13H2,1-5H3.